The maximum Gasteiger partial charge on any atom is 0.323 e. The van der Waals surface area contributed by atoms with Crippen LogP contribution < -0.4 is 10.6 Å². The van der Waals surface area contributed by atoms with Gasteiger partial charge in [0.1, 0.15) is 6.54 Å². The van der Waals surface area contributed by atoms with Crippen molar-refractivity contribution in [2.75, 3.05) is 6.54 Å². The van der Waals surface area contributed by atoms with E-state index < -0.39 is 18.5 Å². The summed E-state index contributed by atoms with van der Waals surface area (Å²) in [5.74, 6) is -0.380. The van der Waals surface area contributed by atoms with Gasteiger partial charge in [0.25, 0.3) is 0 Å². The second-order valence-corrected chi connectivity index (χ2v) is 2.67. The molecule has 1 aromatic heterocycles. The predicted molar refractivity (Wildman–Crippen MR) is 46.9 cm³/mol. The third-order valence-corrected chi connectivity index (χ3v) is 1.37. The Morgan fingerprint density at radius 3 is 2.73 bits per heavy atom. The highest BCUT2D eigenvalue weighted by atomic mass is 16.5. The van der Waals surface area contributed by atoms with E-state index in [1.807, 2.05) is 0 Å². The van der Waals surface area contributed by atoms with Crippen molar-refractivity contribution in [2.24, 2.45) is 0 Å². The fourth-order valence-corrected chi connectivity index (χ4v) is 0.786. The van der Waals surface area contributed by atoms with Crippen molar-refractivity contribution in [3.05, 3.63) is 11.7 Å². The molecule has 0 bridgehead atoms. The van der Waals surface area contributed by atoms with E-state index >= 15 is 0 Å². The number of amides is 2. The largest absolute Gasteiger partial charge is 0.480 e. The average Bonchev–Trinajstić information content (AvgIpc) is 2.58. The number of rotatable bonds is 4. The molecule has 2 amide bonds. The number of carboxylic acid groups (broad SMARTS) is 1. The van der Waals surface area contributed by atoms with Gasteiger partial charge in [-0.2, -0.15) is 4.98 Å². The van der Waals surface area contributed by atoms with Crippen molar-refractivity contribution < 1.29 is 19.2 Å². The van der Waals surface area contributed by atoms with Gasteiger partial charge in [0.2, 0.25) is 5.89 Å². The molecule has 0 saturated heterocycles. The van der Waals surface area contributed by atoms with Gasteiger partial charge in [-0.15, -0.1) is 0 Å². The summed E-state index contributed by atoms with van der Waals surface area (Å²) in [5, 5.41) is 16.3. The van der Waals surface area contributed by atoms with Gasteiger partial charge in [-0.1, -0.05) is 5.16 Å². The first kappa shape index (κ1) is 11.0. The Morgan fingerprint density at radius 1 is 1.47 bits per heavy atom. The monoisotopic (exact) mass is 214 g/mol. The van der Waals surface area contributed by atoms with Crippen molar-refractivity contribution in [2.45, 2.75) is 13.5 Å². The summed E-state index contributed by atoms with van der Waals surface area (Å²) in [4.78, 5) is 24.9. The molecule has 0 aromatic carbocycles. The second kappa shape index (κ2) is 4.94. The molecule has 0 radical (unpaired) electrons. The number of aromatic nitrogens is 2. The fourth-order valence-electron chi connectivity index (χ4n) is 0.786. The standard InChI is InChI=1S/C7H10N4O4/c1-4-10-5(15-11-4)2-8-7(14)9-3-6(12)13/h2-3H2,1H3,(H,12,13)(H2,8,9,14). The van der Waals surface area contributed by atoms with Crippen molar-refractivity contribution >= 4 is 12.0 Å². The van der Waals surface area contributed by atoms with Gasteiger partial charge in [0, 0.05) is 0 Å². The van der Waals surface area contributed by atoms with Crippen LogP contribution in [0.1, 0.15) is 11.7 Å². The van der Waals surface area contributed by atoms with Crippen LogP contribution in [-0.2, 0) is 11.3 Å². The van der Waals surface area contributed by atoms with Crippen LogP contribution in [0.5, 0.6) is 0 Å². The number of carbonyl (C=O) groups excluding carboxylic acids is 1. The minimum Gasteiger partial charge on any atom is -0.480 e. The number of hydrogen-bond donors (Lipinski definition) is 3. The third kappa shape index (κ3) is 4.07. The number of nitrogens with one attached hydrogen (secondary N) is 2. The lowest BCUT2D eigenvalue weighted by Crippen LogP contribution is -2.38. The molecule has 3 N–H and O–H groups in total. The maximum atomic E-state index is 11.0. The van der Waals surface area contributed by atoms with Gasteiger partial charge < -0.3 is 20.3 Å². The van der Waals surface area contributed by atoms with E-state index in [2.05, 4.69) is 20.8 Å². The van der Waals surface area contributed by atoms with E-state index in [9.17, 15) is 9.59 Å². The van der Waals surface area contributed by atoms with Gasteiger partial charge in [0.05, 0.1) is 6.54 Å². The van der Waals surface area contributed by atoms with Crippen molar-refractivity contribution in [3.8, 4) is 0 Å². The highest BCUT2D eigenvalue weighted by Gasteiger charge is 2.06. The van der Waals surface area contributed by atoms with Crippen molar-refractivity contribution in [3.63, 3.8) is 0 Å². The summed E-state index contributed by atoms with van der Waals surface area (Å²) >= 11 is 0. The quantitative estimate of drug-likeness (QED) is 0.607. The minimum atomic E-state index is -1.11. The zero-order valence-corrected chi connectivity index (χ0v) is 7.98. The Hall–Kier alpha value is -2.12. The van der Waals surface area contributed by atoms with Gasteiger partial charge in [-0.3, -0.25) is 4.79 Å². The van der Waals surface area contributed by atoms with Crippen LogP contribution in [-0.4, -0.2) is 33.8 Å². The van der Waals surface area contributed by atoms with E-state index in [0.717, 1.165) is 0 Å². The Bertz CT molecular complexity index is 362. The molecule has 1 aromatic rings. The number of aryl methyl sites for hydroxylation is 1. The topological polar surface area (TPSA) is 117 Å². The summed E-state index contributed by atoms with van der Waals surface area (Å²) in [7, 11) is 0. The number of carboxylic acids is 1. The van der Waals surface area contributed by atoms with Crippen LogP contribution in [0.3, 0.4) is 0 Å². The Kier molecular flexibility index (Phi) is 3.61. The number of urea groups is 1. The summed E-state index contributed by atoms with van der Waals surface area (Å²) < 4.78 is 4.72. The molecule has 0 saturated carbocycles. The van der Waals surface area contributed by atoms with E-state index in [-0.39, 0.29) is 12.4 Å². The molecule has 0 aliphatic carbocycles. The van der Waals surface area contributed by atoms with Crippen molar-refractivity contribution in [1.82, 2.24) is 20.8 Å². The van der Waals surface area contributed by atoms with Gasteiger partial charge in [-0.25, -0.2) is 4.79 Å². The Balaban J connectivity index is 2.25. The highest BCUT2D eigenvalue weighted by Crippen LogP contribution is 1.93. The zero-order valence-electron chi connectivity index (χ0n) is 7.98. The molecule has 0 atom stereocenters. The molecule has 8 nitrogen and oxygen atoms in total. The highest BCUT2D eigenvalue weighted by molar-refractivity contribution is 5.79. The molecule has 0 aliphatic rings. The first-order valence-corrected chi connectivity index (χ1v) is 4.10. The molecule has 0 unspecified atom stereocenters. The molecule has 15 heavy (non-hydrogen) atoms. The van der Waals surface area contributed by atoms with E-state index in [1.54, 1.807) is 6.92 Å². The van der Waals surface area contributed by atoms with E-state index in [4.69, 9.17) is 9.63 Å². The maximum absolute atomic E-state index is 11.0. The van der Waals surface area contributed by atoms with E-state index in [1.165, 1.54) is 0 Å². The van der Waals surface area contributed by atoms with Gasteiger partial charge in [0.15, 0.2) is 5.82 Å². The normalized spacial score (nSPS) is 9.67. The zero-order chi connectivity index (χ0) is 11.3. The lowest BCUT2D eigenvalue weighted by molar-refractivity contribution is -0.135. The second-order valence-electron chi connectivity index (χ2n) is 2.67. The van der Waals surface area contributed by atoms with E-state index in [0.29, 0.717) is 5.82 Å². The summed E-state index contributed by atoms with van der Waals surface area (Å²) in [6.07, 6.45) is 0. The van der Waals surface area contributed by atoms with Crippen LogP contribution in [0.2, 0.25) is 0 Å². The predicted octanol–water partition coefficient (Wildman–Crippen LogP) is -0.738. The Morgan fingerprint density at radius 2 is 2.20 bits per heavy atom. The first-order valence-electron chi connectivity index (χ1n) is 4.10. The van der Waals surface area contributed by atoms with Gasteiger partial charge in [-0.05, 0) is 6.92 Å². The summed E-state index contributed by atoms with van der Waals surface area (Å²) in [6.45, 7) is 1.28. The number of hydrogen-bond acceptors (Lipinski definition) is 5. The summed E-state index contributed by atoms with van der Waals surface area (Å²) in [6, 6.07) is -0.603. The molecule has 82 valence electrons. The van der Waals surface area contributed by atoms with Crippen LogP contribution in [0, 0.1) is 6.92 Å². The summed E-state index contributed by atoms with van der Waals surface area (Å²) in [5.41, 5.74) is 0. The minimum absolute atomic E-state index is 0.0618. The molecule has 0 spiro atoms. The van der Waals surface area contributed by atoms with Crippen LogP contribution in [0.25, 0.3) is 0 Å². The van der Waals surface area contributed by atoms with Gasteiger partial charge >= 0.3 is 12.0 Å². The van der Waals surface area contributed by atoms with Crippen LogP contribution in [0.4, 0.5) is 4.79 Å². The van der Waals surface area contributed by atoms with Crippen LogP contribution in [0.15, 0.2) is 4.52 Å². The SMILES string of the molecule is Cc1noc(CNC(=O)NCC(=O)O)n1. The average molecular weight is 214 g/mol. The molecule has 0 fully saturated rings. The first-order chi connectivity index (χ1) is 7.08. The molecule has 0 aliphatic heterocycles. The molecule has 1 rings (SSSR count). The fraction of sp³-hybridized carbons (Fsp3) is 0.429. The van der Waals surface area contributed by atoms with Crippen LogP contribution >= 0.6 is 0 Å². The third-order valence-electron chi connectivity index (χ3n) is 1.37. The lowest BCUT2D eigenvalue weighted by atomic mass is 10.6. The molecule has 8 heteroatoms. The molecule has 1 heterocycles. The number of nitrogens with zero attached hydrogens (tertiary/aromatic N) is 2. The number of aliphatic carboxylic acids is 1. The Labute approximate surface area is 84.7 Å². The molecular formula is C7H10N4O4. The van der Waals surface area contributed by atoms with Crippen molar-refractivity contribution in [1.29, 1.82) is 0 Å². The number of carbonyl (C=O) groups is 2. The molecular weight excluding hydrogens is 204 g/mol. The lowest BCUT2D eigenvalue weighted by Gasteiger charge is -2.02. The smallest absolute Gasteiger partial charge is 0.323 e.